The van der Waals surface area contributed by atoms with E-state index in [0.717, 1.165) is 11.2 Å². The van der Waals surface area contributed by atoms with Crippen molar-refractivity contribution in [1.82, 2.24) is 0 Å². The van der Waals surface area contributed by atoms with Crippen molar-refractivity contribution in [2.45, 2.75) is 6.92 Å². The molecule has 1 heterocycles. The first-order chi connectivity index (χ1) is 7.25. The predicted octanol–water partition coefficient (Wildman–Crippen LogP) is 4.50. The Labute approximate surface area is 101 Å². The van der Waals surface area contributed by atoms with Gasteiger partial charge in [0.05, 0.1) is 0 Å². The molecule has 3 aromatic rings. The van der Waals surface area contributed by atoms with Crippen LogP contribution in [0.2, 0.25) is 0 Å². The minimum absolute atomic E-state index is 0.972. The zero-order valence-electron chi connectivity index (χ0n) is 8.25. The summed E-state index contributed by atoms with van der Waals surface area (Å²) in [4.78, 5) is 0. The lowest BCUT2D eigenvalue weighted by atomic mass is 10.1. The fourth-order valence-electron chi connectivity index (χ4n) is 1.91. The van der Waals surface area contributed by atoms with E-state index in [2.05, 4.69) is 59.8 Å². The van der Waals surface area contributed by atoms with E-state index < -0.39 is 0 Å². The quantitative estimate of drug-likeness (QED) is 0.557. The molecule has 0 bridgehead atoms. The van der Waals surface area contributed by atoms with Crippen LogP contribution < -0.4 is 0 Å². The Morgan fingerprint density at radius 3 is 2.80 bits per heavy atom. The Morgan fingerprint density at radius 1 is 1.07 bits per heavy atom. The van der Waals surface area contributed by atoms with Crippen molar-refractivity contribution < 1.29 is 4.42 Å². The van der Waals surface area contributed by atoms with Crippen molar-refractivity contribution >= 4 is 44.5 Å². The molecule has 0 atom stereocenters. The highest BCUT2D eigenvalue weighted by Crippen LogP contribution is 2.31. The van der Waals surface area contributed by atoms with Gasteiger partial charge >= 0.3 is 0 Å². The highest BCUT2D eigenvalue weighted by Gasteiger charge is 2.07. The van der Waals surface area contributed by atoms with Crippen molar-refractivity contribution in [3.05, 3.63) is 45.5 Å². The van der Waals surface area contributed by atoms with Gasteiger partial charge in [-0.2, -0.15) is 0 Å². The van der Waals surface area contributed by atoms with Gasteiger partial charge in [-0.25, -0.2) is 0 Å². The molecule has 3 rings (SSSR count). The molecule has 2 aromatic carbocycles. The lowest BCUT2D eigenvalue weighted by Crippen LogP contribution is -1.71. The summed E-state index contributed by atoms with van der Waals surface area (Å²) in [6, 6.07) is 12.5. The maximum atomic E-state index is 5.83. The number of para-hydroxylation sites is 1. The average molecular weight is 308 g/mol. The zero-order valence-corrected chi connectivity index (χ0v) is 10.4. The number of aryl methyl sites for hydroxylation is 1. The molecule has 15 heavy (non-hydrogen) atoms. The maximum Gasteiger partial charge on any atom is 0.138 e. The molecule has 0 aliphatic rings. The number of hydrogen-bond acceptors (Lipinski definition) is 1. The lowest BCUT2D eigenvalue weighted by Gasteiger charge is -1.92. The summed E-state index contributed by atoms with van der Waals surface area (Å²) in [6.45, 7) is 2.08. The molecule has 0 N–H and O–H groups in total. The summed E-state index contributed by atoms with van der Waals surface area (Å²) in [7, 11) is 0. The molecule has 1 aromatic heterocycles. The van der Waals surface area contributed by atoms with Gasteiger partial charge in [-0.15, -0.1) is 0 Å². The summed E-state index contributed by atoms with van der Waals surface area (Å²) in [5.74, 6) is 0. The second-order valence-corrected chi connectivity index (χ2v) is 4.94. The molecule has 1 nitrogen and oxygen atoms in total. The molecule has 2 heteroatoms. The Morgan fingerprint density at radius 2 is 1.93 bits per heavy atom. The summed E-state index contributed by atoms with van der Waals surface area (Å²) in [5.41, 5.74) is 3.17. The van der Waals surface area contributed by atoms with Crippen LogP contribution in [0.15, 0.2) is 40.8 Å². The average Bonchev–Trinajstić information content (AvgIpc) is 2.58. The second-order valence-electron chi connectivity index (χ2n) is 3.69. The minimum atomic E-state index is 0.972. The van der Waals surface area contributed by atoms with Gasteiger partial charge in [-0.05, 0) is 53.3 Å². The van der Waals surface area contributed by atoms with Crippen molar-refractivity contribution in [2.24, 2.45) is 0 Å². The zero-order chi connectivity index (χ0) is 10.4. The largest absolute Gasteiger partial charge is 0.456 e. The van der Waals surface area contributed by atoms with E-state index in [4.69, 9.17) is 4.42 Å². The third-order valence-corrected chi connectivity index (χ3v) is 3.33. The molecular weight excluding hydrogens is 299 g/mol. The normalized spacial score (nSPS) is 11.3. The molecule has 0 aliphatic heterocycles. The van der Waals surface area contributed by atoms with E-state index in [1.54, 1.807) is 0 Å². The molecule has 0 radical (unpaired) electrons. The number of rotatable bonds is 0. The van der Waals surface area contributed by atoms with Gasteiger partial charge in [0.1, 0.15) is 11.2 Å². The van der Waals surface area contributed by atoms with Crippen LogP contribution in [0, 0.1) is 10.5 Å². The molecular formula is C13H9IO. The van der Waals surface area contributed by atoms with Gasteiger partial charge < -0.3 is 4.42 Å². The number of furan rings is 1. The summed E-state index contributed by atoms with van der Waals surface area (Å²) >= 11 is 2.33. The molecule has 0 saturated carbocycles. The van der Waals surface area contributed by atoms with Crippen LogP contribution in [-0.2, 0) is 0 Å². The van der Waals surface area contributed by atoms with Crippen molar-refractivity contribution in [3.63, 3.8) is 0 Å². The van der Waals surface area contributed by atoms with Gasteiger partial charge in [-0.3, -0.25) is 0 Å². The molecule has 0 aliphatic carbocycles. The fourth-order valence-corrected chi connectivity index (χ4v) is 2.40. The summed E-state index contributed by atoms with van der Waals surface area (Å²) < 4.78 is 7.07. The van der Waals surface area contributed by atoms with E-state index in [-0.39, 0.29) is 0 Å². The Kier molecular flexibility index (Phi) is 1.99. The predicted molar refractivity (Wildman–Crippen MR) is 71.2 cm³/mol. The van der Waals surface area contributed by atoms with Gasteiger partial charge in [0, 0.05) is 14.3 Å². The number of hydrogen-bond donors (Lipinski definition) is 0. The van der Waals surface area contributed by atoms with E-state index in [1.165, 1.54) is 19.9 Å². The molecule has 0 amide bonds. The lowest BCUT2D eigenvalue weighted by molar-refractivity contribution is 0.666. The van der Waals surface area contributed by atoms with Crippen LogP contribution in [0.4, 0.5) is 0 Å². The van der Waals surface area contributed by atoms with E-state index in [9.17, 15) is 0 Å². The maximum absolute atomic E-state index is 5.83. The smallest absolute Gasteiger partial charge is 0.138 e. The molecule has 0 unspecified atom stereocenters. The molecule has 0 spiro atoms. The van der Waals surface area contributed by atoms with Crippen LogP contribution in [0.1, 0.15) is 5.56 Å². The number of halogens is 1. The van der Waals surface area contributed by atoms with Crippen molar-refractivity contribution in [3.8, 4) is 0 Å². The minimum Gasteiger partial charge on any atom is -0.456 e. The van der Waals surface area contributed by atoms with E-state index in [0.29, 0.717) is 0 Å². The van der Waals surface area contributed by atoms with Crippen LogP contribution in [0.25, 0.3) is 21.9 Å². The SMILES string of the molecule is Cc1cccc2c1oc1ccc(I)cc12. The fraction of sp³-hybridized carbons (Fsp3) is 0.0769. The van der Waals surface area contributed by atoms with Crippen molar-refractivity contribution in [1.29, 1.82) is 0 Å². The summed E-state index contributed by atoms with van der Waals surface area (Å²) in [6.07, 6.45) is 0. The highest BCUT2D eigenvalue weighted by atomic mass is 127. The topological polar surface area (TPSA) is 13.1 Å². The van der Waals surface area contributed by atoms with E-state index in [1.807, 2.05) is 6.07 Å². The first kappa shape index (κ1) is 9.21. The number of benzene rings is 2. The van der Waals surface area contributed by atoms with Crippen LogP contribution >= 0.6 is 22.6 Å². The Bertz CT molecular complexity index is 652. The highest BCUT2D eigenvalue weighted by molar-refractivity contribution is 14.1. The molecule has 0 saturated heterocycles. The van der Waals surface area contributed by atoms with Crippen LogP contribution in [0.5, 0.6) is 0 Å². The van der Waals surface area contributed by atoms with Gasteiger partial charge in [0.15, 0.2) is 0 Å². The number of fused-ring (bicyclic) bond motifs is 3. The molecule has 0 fully saturated rings. The second kappa shape index (κ2) is 3.23. The third-order valence-electron chi connectivity index (χ3n) is 2.66. The van der Waals surface area contributed by atoms with Gasteiger partial charge in [-0.1, -0.05) is 18.2 Å². The monoisotopic (exact) mass is 308 g/mol. The van der Waals surface area contributed by atoms with Gasteiger partial charge in [0.25, 0.3) is 0 Å². The summed E-state index contributed by atoms with van der Waals surface area (Å²) in [5, 5.41) is 2.42. The van der Waals surface area contributed by atoms with Crippen LogP contribution in [-0.4, -0.2) is 0 Å². The van der Waals surface area contributed by atoms with Crippen molar-refractivity contribution in [2.75, 3.05) is 0 Å². The first-order valence-corrected chi connectivity index (χ1v) is 5.91. The molecule has 74 valence electrons. The Hall–Kier alpha value is -1.03. The Balaban J connectivity index is 2.58. The standard InChI is InChI=1S/C13H9IO/c1-8-3-2-4-10-11-7-9(14)5-6-12(11)15-13(8)10/h2-7H,1H3. The third kappa shape index (κ3) is 1.35. The first-order valence-electron chi connectivity index (χ1n) is 4.83. The van der Waals surface area contributed by atoms with E-state index >= 15 is 0 Å². The van der Waals surface area contributed by atoms with Crippen LogP contribution in [0.3, 0.4) is 0 Å². The van der Waals surface area contributed by atoms with Gasteiger partial charge in [0.2, 0.25) is 0 Å².